The quantitative estimate of drug-likeness (QED) is 0.438. The fraction of sp³-hybridized carbons (Fsp3) is 0.480. The van der Waals surface area contributed by atoms with Gasteiger partial charge >= 0.3 is 12.1 Å². The molecule has 1 aliphatic heterocycles. The third kappa shape index (κ3) is 4.34. The molecule has 4 rings (SSSR count). The summed E-state index contributed by atoms with van der Waals surface area (Å²) in [5, 5.41) is 14.6. The van der Waals surface area contributed by atoms with Crippen LogP contribution in [0.25, 0.3) is 16.9 Å². The van der Waals surface area contributed by atoms with Gasteiger partial charge in [-0.05, 0) is 44.2 Å². The SMILES string of the molecule is CC[C@@]1(C(=O)O)CCCN(c2c(C(C)C)c(C)nc3cc(-c4ccc(C(F)(F)F)c(F)c4)nn23)C1. The van der Waals surface area contributed by atoms with Gasteiger partial charge < -0.3 is 10.0 Å². The van der Waals surface area contributed by atoms with Crippen molar-refractivity contribution < 1.29 is 27.5 Å². The van der Waals surface area contributed by atoms with Gasteiger partial charge in [-0.25, -0.2) is 9.37 Å². The second kappa shape index (κ2) is 8.80. The van der Waals surface area contributed by atoms with E-state index in [1.54, 1.807) is 10.6 Å². The van der Waals surface area contributed by atoms with Crippen LogP contribution in [0.4, 0.5) is 23.4 Å². The molecule has 1 saturated heterocycles. The second-order valence-corrected chi connectivity index (χ2v) is 9.55. The molecule has 0 amide bonds. The average molecular weight is 493 g/mol. The first-order valence-corrected chi connectivity index (χ1v) is 11.6. The van der Waals surface area contributed by atoms with Crippen molar-refractivity contribution in [2.45, 2.75) is 59.1 Å². The van der Waals surface area contributed by atoms with Gasteiger partial charge in [0.25, 0.3) is 0 Å². The highest BCUT2D eigenvalue weighted by atomic mass is 19.4. The lowest BCUT2D eigenvalue weighted by Gasteiger charge is -2.41. The molecule has 35 heavy (non-hydrogen) atoms. The second-order valence-electron chi connectivity index (χ2n) is 9.55. The number of carbonyl (C=O) groups is 1. The highest BCUT2D eigenvalue weighted by Gasteiger charge is 2.42. The van der Waals surface area contributed by atoms with E-state index in [0.717, 1.165) is 23.1 Å². The van der Waals surface area contributed by atoms with Crippen LogP contribution in [0.15, 0.2) is 24.3 Å². The number of hydrogen-bond donors (Lipinski definition) is 1. The monoisotopic (exact) mass is 492 g/mol. The molecule has 0 unspecified atom stereocenters. The molecule has 0 saturated carbocycles. The number of nitrogens with zero attached hydrogens (tertiary/aromatic N) is 4. The standard InChI is InChI=1S/C25H28F4N4O2/c1-5-24(23(34)35)9-6-10-32(13-24)22-21(14(2)3)15(4)30-20-12-19(31-33(20)22)16-7-8-17(18(26)11-16)25(27,28)29/h7-8,11-12,14H,5-6,9-10,13H2,1-4H3,(H,34,35)/t24-/m1/s1. The van der Waals surface area contributed by atoms with Gasteiger partial charge in [0.1, 0.15) is 11.6 Å². The lowest BCUT2D eigenvalue weighted by Crippen LogP contribution is -2.48. The largest absolute Gasteiger partial charge is 0.481 e. The predicted molar refractivity (Wildman–Crippen MR) is 124 cm³/mol. The number of alkyl halides is 3. The molecule has 0 bridgehead atoms. The summed E-state index contributed by atoms with van der Waals surface area (Å²) in [5.41, 5.74) is 0.396. The molecule has 1 aliphatic rings. The van der Waals surface area contributed by atoms with Crippen LogP contribution < -0.4 is 4.90 Å². The number of anilines is 1. The molecule has 2 aromatic heterocycles. The van der Waals surface area contributed by atoms with E-state index < -0.39 is 28.9 Å². The lowest BCUT2D eigenvalue weighted by atomic mass is 9.77. The molecular formula is C25H28F4N4O2. The molecule has 188 valence electrons. The third-order valence-corrected chi connectivity index (χ3v) is 6.96. The Labute approximate surface area is 200 Å². The minimum atomic E-state index is -4.79. The van der Waals surface area contributed by atoms with Crippen LogP contribution in [-0.2, 0) is 11.0 Å². The van der Waals surface area contributed by atoms with Gasteiger partial charge in [-0.3, -0.25) is 4.79 Å². The van der Waals surface area contributed by atoms with Gasteiger partial charge in [-0.15, -0.1) is 0 Å². The Hall–Kier alpha value is -3.17. The van der Waals surface area contributed by atoms with Gasteiger partial charge in [0.15, 0.2) is 5.65 Å². The van der Waals surface area contributed by atoms with Crippen LogP contribution in [0.3, 0.4) is 0 Å². The molecule has 1 N–H and O–H groups in total. The summed E-state index contributed by atoms with van der Waals surface area (Å²) in [6.45, 7) is 8.72. The molecule has 1 atom stereocenters. The summed E-state index contributed by atoms with van der Waals surface area (Å²) < 4.78 is 54.9. The van der Waals surface area contributed by atoms with Crippen molar-refractivity contribution in [3.05, 3.63) is 46.9 Å². The topological polar surface area (TPSA) is 70.7 Å². The molecule has 0 radical (unpaired) electrons. The van der Waals surface area contributed by atoms with E-state index in [4.69, 9.17) is 0 Å². The summed E-state index contributed by atoms with van der Waals surface area (Å²) >= 11 is 0. The minimum absolute atomic E-state index is 0.0563. The van der Waals surface area contributed by atoms with Crippen LogP contribution in [0.5, 0.6) is 0 Å². The van der Waals surface area contributed by atoms with Crippen molar-refractivity contribution in [1.29, 1.82) is 0 Å². The van der Waals surface area contributed by atoms with E-state index in [-0.39, 0.29) is 17.2 Å². The highest BCUT2D eigenvalue weighted by molar-refractivity contribution is 5.76. The Morgan fingerprint density at radius 3 is 2.54 bits per heavy atom. The number of carboxylic acid groups (broad SMARTS) is 1. The van der Waals surface area contributed by atoms with E-state index in [1.807, 2.05) is 32.6 Å². The number of hydrogen-bond acceptors (Lipinski definition) is 4. The molecule has 1 aromatic carbocycles. The minimum Gasteiger partial charge on any atom is -0.481 e. The Morgan fingerprint density at radius 2 is 1.97 bits per heavy atom. The van der Waals surface area contributed by atoms with Crippen LogP contribution in [0.2, 0.25) is 0 Å². The van der Waals surface area contributed by atoms with Crippen molar-refractivity contribution in [1.82, 2.24) is 14.6 Å². The van der Waals surface area contributed by atoms with Gasteiger partial charge in [0, 0.05) is 36.0 Å². The number of carboxylic acids is 1. The number of fused-ring (bicyclic) bond motifs is 1. The van der Waals surface area contributed by atoms with E-state index >= 15 is 0 Å². The van der Waals surface area contributed by atoms with Gasteiger partial charge in [0.05, 0.1) is 16.7 Å². The number of piperidine rings is 1. The highest BCUT2D eigenvalue weighted by Crippen LogP contribution is 2.40. The van der Waals surface area contributed by atoms with Crippen molar-refractivity contribution in [2.75, 3.05) is 18.0 Å². The Morgan fingerprint density at radius 1 is 1.26 bits per heavy atom. The molecule has 6 nitrogen and oxygen atoms in total. The smallest absolute Gasteiger partial charge is 0.419 e. The molecular weight excluding hydrogens is 464 g/mol. The summed E-state index contributed by atoms with van der Waals surface area (Å²) in [4.78, 5) is 18.9. The number of aryl methyl sites for hydroxylation is 1. The first kappa shape index (κ1) is 24.9. The fourth-order valence-corrected chi connectivity index (χ4v) is 5.07. The first-order valence-electron chi connectivity index (χ1n) is 11.6. The maximum Gasteiger partial charge on any atom is 0.419 e. The van der Waals surface area contributed by atoms with Gasteiger partial charge in [-0.1, -0.05) is 26.8 Å². The third-order valence-electron chi connectivity index (χ3n) is 6.96. The number of benzene rings is 1. The maximum absolute atomic E-state index is 14.3. The van der Waals surface area contributed by atoms with Crippen LogP contribution in [-0.4, -0.2) is 38.8 Å². The number of aliphatic carboxylic acids is 1. The first-order chi connectivity index (χ1) is 16.4. The van der Waals surface area contributed by atoms with Crippen molar-refractivity contribution >= 4 is 17.4 Å². The molecule has 3 aromatic rings. The average Bonchev–Trinajstić information content (AvgIpc) is 3.20. The Balaban J connectivity index is 1.88. The lowest BCUT2D eigenvalue weighted by molar-refractivity contribution is -0.149. The van der Waals surface area contributed by atoms with Crippen LogP contribution in [0, 0.1) is 18.2 Å². The number of aromatic nitrogens is 3. The van der Waals surface area contributed by atoms with E-state index in [0.29, 0.717) is 44.1 Å². The molecule has 10 heteroatoms. The summed E-state index contributed by atoms with van der Waals surface area (Å²) in [6, 6.07) is 4.34. The zero-order chi connectivity index (χ0) is 25.7. The van der Waals surface area contributed by atoms with Gasteiger partial charge in [-0.2, -0.15) is 22.8 Å². The van der Waals surface area contributed by atoms with Crippen molar-refractivity contribution in [3.8, 4) is 11.3 Å². The number of rotatable bonds is 5. The summed E-state index contributed by atoms with van der Waals surface area (Å²) in [7, 11) is 0. The Bertz CT molecular complexity index is 1280. The number of halogens is 4. The molecule has 0 spiro atoms. The Kier molecular flexibility index (Phi) is 6.27. The maximum atomic E-state index is 14.3. The molecule has 0 aliphatic carbocycles. The van der Waals surface area contributed by atoms with Crippen LogP contribution >= 0.6 is 0 Å². The zero-order valence-corrected chi connectivity index (χ0v) is 20.1. The molecule has 3 heterocycles. The fourth-order valence-electron chi connectivity index (χ4n) is 5.07. The predicted octanol–water partition coefficient (Wildman–Crippen LogP) is 6.07. The van der Waals surface area contributed by atoms with Crippen molar-refractivity contribution in [2.24, 2.45) is 5.41 Å². The molecule has 1 fully saturated rings. The van der Waals surface area contributed by atoms with E-state index in [2.05, 4.69) is 10.1 Å². The van der Waals surface area contributed by atoms with Gasteiger partial charge in [0.2, 0.25) is 0 Å². The normalized spacial score (nSPS) is 19.1. The van der Waals surface area contributed by atoms with E-state index in [1.165, 1.54) is 6.07 Å². The van der Waals surface area contributed by atoms with E-state index in [9.17, 15) is 27.5 Å². The summed E-state index contributed by atoms with van der Waals surface area (Å²) in [6.07, 6.45) is -3.03. The van der Waals surface area contributed by atoms with Crippen LogP contribution in [0.1, 0.15) is 62.8 Å². The summed E-state index contributed by atoms with van der Waals surface area (Å²) in [5.74, 6) is -1.43. The zero-order valence-electron chi connectivity index (χ0n) is 20.1. The van der Waals surface area contributed by atoms with Crippen molar-refractivity contribution in [3.63, 3.8) is 0 Å².